The molecule has 0 unspecified atom stereocenters. The number of carbonyl (C=O) groups is 2. The van der Waals surface area contributed by atoms with Gasteiger partial charge in [-0.3, -0.25) is 9.59 Å². The third kappa shape index (κ3) is 5.55. The average molecular weight is 464 g/mol. The molecular weight excluding hydrogens is 445 g/mol. The highest BCUT2D eigenvalue weighted by Crippen LogP contribution is 2.29. The van der Waals surface area contributed by atoms with E-state index in [1.54, 1.807) is 31.4 Å². The van der Waals surface area contributed by atoms with Crippen molar-refractivity contribution in [3.63, 3.8) is 0 Å². The number of nitrogens with zero attached hydrogens (tertiary/aromatic N) is 1. The third-order valence-electron chi connectivity index (χ3n) is 4.47. The predicted octanol–water partition coefficient (Wildman–Crippen LogP) is 3.61. The van der Waals surface area contributed by atoms with Crippen LogP contribution in [0.2, 0.25) is 0 Å². The van der Waals surface area contributed by atoms with Crippen molar-refractivity contribution in [2.45, 2.75) is 19.3 Å². The zero-order chi connectivity index (χ0) is 23.3. The zero-order valence-corrected chi connectivity index (χ0v) is 17.6. The van der Waals surface area contributed by atoms with Crippen LogP contribution in [-0.2, 0) is 19.3 Å². The monoisotopic (exact) mass is 464 g/mol. The van der Waals surface area contributed by atoms with E-state index in [0.29, 0.717) is 5.75 Å². The number of aromatic nitrogens is 1. The minimum absolute atomic E-state index is 0.00609. The molecule has 3 rings (SSSR count). The molecule has 0 aliphatic carbocycles. The Hall–Kier alpha value is -3.60. The lowest BCUT2D eigenvalue weighted by Gasteiger charge is -2.09. The lowest BCUT2D eigenvalue weighted by atomic mass is 10.1. The number of carbonyl (C=O) groups excluding carboxylic acids is 2. The minimum atomic E-state index is -4.48. The predicted molar refractivity (Wildman–Crippen MR) is 113 cm³/mol. The summed E-state index contributed by atoms with van der Waals surface area (Å²) in [5.74, 6) is -0.497. The second-order valence-corrected chi connectivity index (χ2v) is 7.46. The molecule has 0 saturated heterocycles. The van der Waals surface area contributed by atoms with Crippen LogP contribution in [0, 0.1) is 0 Å². The molecule has 0 atom stereocenters. The number of ether oxygens (including phenoxy) is 1. The maximum atomic E-state index is 12.8. The van der Waals surface area contributed by atoms with E-state index >= 15 is 0 Å². The van der Waals surface area contributed by atoms with Gasteiger partial charge in [0.25, 0.3) is 11.8 Å². The summed E-state index contributed by atoms with van der Waals surface area (Å²) in [6.07, 6.45) is -4.48. The zero-order valence-electron chi connectivity index (χ0n) is 16.8. The summed E-state index contributed by atoms with van der Waals surface area (Å²) in [5.41, 5.74) is 6.03. The van der Waals surface area contributed by atoms with Crippen molar-refractivity contribution in [1.82, 2.24) is 15.0 Å². The first-order valence-electron chi connectivity index (χ1n) is 9.29. The number of methoxy groups -OCH3 is 1. The van der Waals surface area contributed by atoms with E-state index in [4.69, 9.17) is 10.5 Å². The Morgan fingerprint density at radius 1 is 1.03 bits per heavy atom. The Balaban J connectivity index is 1.60. The highest BCUT2D eigenvalue weighted by molar-refractivity contribution is 7.09. The molecule has 3 aromatic rings. The molecule has 32 heavy (non-hydrogen) atoms. The molecule has 0 aliphatic heterocycles. The molecule has 0 radical (unpaired) electrons. The van der Waals surface area contributed by atoms with E-state index in [-0.39, 0.29) is 34.9 Å². The normalized spacial score (nSPS) is 11.1. The average Bonchev–Trinajstić information content (AvgIpc) is 3.17. The smallest absolute Gasteiger partial charge is 0.416 e. The van der Waals surface area contributed by atoms with E-state index in [1.165, 1.54) is 12.1 Å². The number of nitrogens with one attached hydrogen (secondary N) is 2. The number of rotatable bonds is 7. The van der Waals surface area contributed by atoms with Gasteiger partial charge in [0.15, 0.2) is 5.69 Å². The Morgan fingerprint density at radius 2 is 1.69 bits per heavy atom. The SMILES string of the molecule is COc1ccc(CNC(=O)c2nsc(C(=O)NCc3cccc(C(F)(F)F)c3)c2N)cc1. The number of anilines is 1. The van der Waals surface area contributed by atoms with Gasteiger partial charge in [0.1, 0.15) is 10.6 Å². The summed E-state index contributed by atoms with van der Waals surface area (Å²) in [7, 11) is 1.55. The van der Waals surface area contributed by atoms with Crippen LogP contribution >= 0.6 is 11.5 Å². The van der Waals surface area contributed by atoms with Gasteiger partial charge in [0, 0.05) is 13.1 Å². The van der Waals surface area contributed by atoms with Crippen molar-refractivity contribution < 1.29 is 27.5 Å². The second-order valence-electron chi connectivity index (χ2n) is 6.69. The Morgan fingerprint density at radius 3 is 2.34 bits per heavy atom. The topological polar surface area (TPSA) is 106 Å². The fraction of sp³-hybridized carbons (Fsp3) is 0.190. The van der Waals surface area contributed by atoms with Gasteiger partial charge in [-0.2, -0.15) is 17.5 Å². The number of halogens is 3. The molecule has 0 saturated carbocycles. The van der Waals surface area contributed by atoms with Crippen LogP contribution in [0.3, 0.4) is 0 Å². The molecule has 7 nitrogen and oxygen atoms in total. The fourth-order valence-corrected chi connectivity index (χ4v) is 3.47. The van der Waals surface area contributed by atoms with Crippen LogP contribution in [0.5, 0.6) is 5.75 Å². The molecule has 11 heteroatoms. The lowest BCUT2D eigenvalue weighted by Crippen LogP contribution is -2.25. The molecule has 1 aromatic heterocycles. The van der Waals surface area contributed by atoms with Gasteiger partial charge in [0.2, 0.25) is 0 Å². The summed E-state index contributed by atoms with van der Waals surface area (Å²) in [6, 6.07) is 11.7. The van der Waals surface area contributed by atoms with Gasteiger partial charge in [-0.15, -0.1) is 0 Å². The Kier molecular flexibility index (Phi) is 6.98. The summed E-state index contributed by atoms with van der Waals surface area (Å²) in [4.78, 5) is 24.8. The van der Waals surface area contributed by atoms with Crippen molar-refractivity contribution >= 4 is 29.0 Å². The molecule has 0 bridgehead atoms. The maximum Gasteiger partial charge on any atom is 0.416 e. The largest absolute Gasteiger partial charge is 0.497 e. The van der Waals surface area contributed by atoms with E-state index in [0.717, 1.165) is 29.2 Å². The molecule has 2 aromatic carbocycles. The van der Waals surface area contributed by atoms with Crippen molar-refractivity contribution in [2.24, 2.45) is 0 Å². The van der Waals surface area contributed by atoms with Gasteiger partial charge in [0.05, 0.1) is 18.4 Å². The molecular formula is C21H19F3N4O3S. The quantitative estimate of drug-likeness (QED) is 0.495. The lowest BCUT2D eigenvalue weighted by molar-refractivity contribution is -0.137. The van der Waals surface area contributed by atoms with Gasteiger partial charge in [-0.1, -0.05) is 24.3 Å². The molecule has 0 fully saturated rings. The van der Waals surface area contributed by atoms with Crippen LogP contribution in [0.4, 0.5) is 18.9 Å². The van der Waals surface area contributed by atoms with Crippen molar-refractivity contribution in [3.05, 3.63) is 75.8 Å². The number of alkyl halides is 3. The maximum absolute atomic E-state index is 12.8. The molecule has 0 spiro atoms. The third-order valence-corrected chi connectivity index (χ3v) is 5.33. The van der Waals surface area contributed by atoms with E-state index in [9.17, 15) is 22.8 Å². The van der Waals surface area contributed by atoms with Crippen LogP contribution in [0.25, 0.3) is 0 Å². The van der Waals surface area contributed by atoms with Crippen LogP contribution < -0.4 is 21.1 Å². The number of benzene rings is 2. The highest BCUT2D eigenvalue weighted by atomic mass is 32.1. The van der Waals surface area contributed by atoms with E-state index in [1.807, 2.05) is 0 Å². The number of nitrogen functional groups attached to an aromatic ring is 1. The molecule has 1 heterocycles. The molecule has 2 amide bonds. The molecule has 0 aliphatic rings. The minimum Gasteiger partial charge on any atom is -0.497 e. The first-order chi connectivity index (χ1) is 15.2. The fourth-order valence-electron chi connectivity index (χ4n) is 2.75. The second kappa shape index (κ2) is 9.69. The Bertz CT molecular complexity index is 1110. The van der Waals surface area contributed by atoms with E-state index in [2.05, 4.69) is 15.0 Å². The summed E-state index contributed by atoms with van der Waals surface area (Å²) >= 11 is 0.737. The van der Waals surface area contributed by atoms with Crippen LogP contribution in [0.1, 0.15) is 36.9 Å². The number of hydrogen-bond donors (Lipinski definition) is 3. The highest BCUT2D eigenvalue weighted by Gasteiger charge is 2.30. The standard InChI is InChI=1S/C21H19F3N4O3S/c1-31-15-7-5-12(6-8-15)10-26-19(29)17-16(25)18(32-28-17)20(30)27-11-13-3-2-4-14(9-13)21(22,23)24/h2-9H,10-11,25H2,1H3,(H,26,29)(H,27,30). The van der Waals surface area contributed by atoms with Gasteiger partial charge >= 0.3 is 6.18 Å². The summed E-state index contributed by atoms with van der Waals surface area (Å²) < 4.78 is 47.5. The number of nitrogens with two attached hydrogens (primary N) is 1. The van der Waals surface area contributed by atoms with Crippen molar-refractivity contribution in [3.8, 4) is 5.75 Å². The summed E-state index contributed by atoms with van der Waals surface area (Å²) in [5, 5.41) is 5.17. The first kappa shape index (κ1) is 23.1. The molecule has 4 N–H and O–H groups in total. The molecule has 168 valence electrons. The van der Waals surface area contributed by atoms with Crippen molar-refractivity contribution in [2.75, 3.05) is 12.8 Å². The number of amides is 2. The van der Waals surface area contributed by atoms with Gasteiger partial charge in [-0.05, 0) is 46.9 Å². The van der Waals surface area contributed by atoms with Crippen LogP contribution in [-0.4, -0.2) is 23.3 Å². The van der Waals surface area contributed by atoms with Gasteiger partial charge in [-0.25, -0.2) is 0 Å². The number of hydrogen-bond acceptors (Lipinski definition) is 6. The van der Waals surface area contributed by atoms with Crippen molar-refractivity contribution in [1.29, 1.82) is 0 Å². The summed E-state index contributed by atoms with van der Waals surface area (Å²) in [6.45, 7) is 0.0793. The van der Waals surface area contributed by atoms with Gasteiger partial charge < -0.3 is 21.1 Å². The first-order valence-corrected chi connectivity index (χ1v) is 10.1. The van der Waals surface area contributed by atoms with E-state index < -0.39 is 23.6 Å². The van der Waals surface area contributed by atoms with Crippen LogP contribution in [0.15, 0.2) is 48.5 Å². The Labute approximate surface area is 185 Å².